The van der Waals surface area contributed by atoms with Crippen molar-refractivity contribution in [1.29, 1.82) is 5.26 Å². The minimum atomic E-state index is -1.29. The van der Waals surface area contributed by atoms with Crippen LogP contribution in [0.5, 0.6) is 0 Å². The predicted octanol–water partition coefficient (Wildman–Crippen LogP) is 3.25. The Labute approximate surface area is 258 Å². The van der Waals surface area contributed by atoms with Crippen LogP contribution in [0.15, 0.2) is 11.6 Å². The van der Waals surface area contributed by atoms with Crippen LogP contribution in [0.3, 0.4) is 0 Å². The maximum absolute atomic E-state index is 12.5. The summed E-state index contributed by atoms with van der Waals surface area (Å²) in [5.74, 6) is -1.56. The summed E-state index contributed by atoms with van der Waals surface area (Å²) in [5, 5.41) is 35.5. The van der Waals surface area contributed by atoms with Gasteiger partial charge in [-0.25, -0.2) is 4.79 Å². The van der Waals surface area contributed by atoms with E-state index in [0.717, 1.165) is 12.0 Å². The molecule has 0 bridgehead atoms. The number of nitriles is 1. The summed E-state index contributed by atoms with van der Waals surface area (Å²) >= 11 is 0. The van der Waals surface area contributed by atoms with Gasteiger partial charge in [0.05, 0.1) is 34.9 Å². The topological polar surface area (TPSA) is 162 Å². The van der Waals surface area contributed by atoms with Crippen LogP contribution in [0, 0.1) is 39.9 Å². The van der Waals surface area contributed by atoms with E-state index in [-0.39, 0.29) is 43.2 Å². The number of carbonyl (C=O) groups is 3. The Bertz CT molecular complexity index is 1280. The number of nitrogens with zero attached hydrogens (tertiary/aromatic N) is 1. The lowest BCUT2D eigenvalue weighted by molar-refractivity contribution is -0.287. The number of cyclic esters (lactones) is 1. The Balaban J connectivity index is 1.18. The summed E-state index contributed by atoms with van der Waals surface area (Å²) in [7, 11) is 0. The molecule has 2 heterocycles. The Kier molecular flexibility index (Phi) is 7.92. The third-order valence-corrected chi connectivity index (χ3v) is 12.3. The molecule has 242 valence electrons. The highest BCUT2D eigenvalue weighted by Gasteiger charge is 2.72. The van der Waals surface area contributed by atoms with Gasteiger partial charge in [0.25, 0.3) is 0 Å². The number of hydrogen-bond acceptors (Lipinski definition) is 11. The van der Waals surface area contributed by atoms with Gasteiger partial charge in [0.1, 0.15) is 12.7 Å². The molecule has 0 radical (unpaired) electrons. The molecule has 4 aliphatic carbocycles. The molecular weight excluding hydrogens is 570 g/mol. The molecule has 0 aromatic heterocycles. The standard InChI is InChI=1S/C33H45NO10/c1-18-29(43-20(3)36)26(42-19(2)35)14-28(41-18)44-22-5-10-31(17-34)24-6-9-30(4)23(21-13-27(37)40-16-21)8-12-33(30,39)25(24)7-11-32(31,38)15-22/h13,18,22-26,28-29,38-39H,5-12,14-16H2,1-4H3/t18-,22-,23+,24+,25+,26+,28+,29-,30-,31+,32-,33+/m1/s1. The quantitative estimate of drug-likeness (QED) is 0.265. The smallest absolute Gasteiger partial charge is 0.331 e. The fraction of sp³-hybridized carbons (Fsp3) is 0.818. The van der Waals surface area contributed by atoms with Gasteiger partial charge in [-0.05, 0) is 81.6 Å². The molecule has 0 amide bonds. The van der Waals surface area contributed by atoms with Crippen LogP contribution in [0.4, 0.5) is 0 Å². The Morgan fingerprint density at radius 2 is 1.75 bits per heavy atom. The molecule has 2 aliphatic heterocycles. The number of rotatable bonds is 5. The van der Waals surface area contributed by atoms with E-state index in [1.165, 1.54) is 13.8 Å². The first-order valence-corrected chi connectivity index (χ1v) is 16.1. The number of carbonyl (C=O) groups excluding carboxylic acids is 3. The Hall–Kier alpha value is -2.52. The molecule has 44 heavy (non-hydrogen) atoms. The third kappa shape index (κ3) is 4.79. The lowest BCUT2D eigenvalue weighted by Crippen LogP contribution is -2.68. The van der Waals surface area contributed by atoms with E-state index in [0.29, 0.717) is 44.9 Å². The van der Waals surface area contributed by atoms with Gasteiger partial charge >= 0.3 is 17.9 Å². The molecule has 0 aromatic carbocycles. The van der Waals surface area contributed by atoms with Crippen molar-refractivity contribution in [1.82, 2.24) is 0 Å². The van der Waals surface area contributed by atoms with Crippen molar-refractivity contribution in [3.8, 4) is 6.07 Å². The van der Waals surface area contributed by atoms with Crippen LogP contribution >= 0.6 is 0 Å². The third-order valence-electron chi connectivity index (χ3n) is 12.3. The molecule has 12 atom stereocenters. The van der Waals surface area contributed by atoms with Gasteiger partial charge in [0.15, 0.2) is 12.4 Å². The molecular formula is C33H45NO10. The summed E-state index contributed by atoms with van der Waals surface area (Å²) in [4.78, 5) is 35.3. The van der Waals surface area contributed by atoms with E-state index in [9.17, 15) is 29.9 Å². The number of ether oxygens (including phenoxy) is 5. The molecule has 4 saturated carbocycles. The van der Waals surface area contributed by atoms with Crippen molar-refractivity contribution in [2.75, 3.05) is 6.61 Å². The molecule has 11 nitrogen and oxygen atoms in total. The second-order valence-corrected chi connectivity index (χ2v) is 14.4. The molecule has 0 aromatic rings. The average molecular weight is 616 g/mol. The van der Waals surface area contributed by atoms with Crippen molar-refractivity contribution in [3.05, 3.63) is 11.6 Å². The van der Waals surface area contributed by atoms with Gasteiger partial charge in [-0.2, -0.15) is 5.26 Å². The van der Waals surface area contributed by atoms with Crippen molar-refractivity contribution in [2.45, 2.75) is 134 Å². The van der Waals surface area contributed by atoms with Gasteiger partial charge in [0, 0.05) is 38.2 Å². The van der Waals surface area contributed by atoms with Gasteiger partial charge in [-0.3, -0.25) is 9.59 Å². The fourth-order valence-corrected chi connectivity index (χ4v) is 10.4. The molecule has 5 fully saturated rings. The minimum absolute atomic E-state index is 0.0528. The van der Waals surface area contributed by atoms with Gasteiger partial charge in [-0.15, -0.1) is 0 Å². The first-order chi connectivity index (χ1) is 20.7. The maximum Gasteiger partial charge on any atom is 0.331 e. The zero-order valence-corrected chi connectivity index (χ0v) is 26.1. The minimum Gasteiger partial charge on any atom is -0.458 e. The normalized spacial score (nSPS) is 48.1. The lowest BCUT2D eigenvalue weighted by Gasteiger charge is -2.64. The van der Waals surface area contributed by atoms with E-state index in [1.807, 2.05) is 0 Å². The van der Waals surface area contributed by atoms with Crippen molar-refractivity contribution < 1.29 is 48.3 Å². The SMILES string of the molecule is CC(=O)O[C@H]1[C@@H](OC(C)=O)C[C@H](O[C@@H]2CC[C@]3(C#N)[C@H]4CC[C@]5(C)[C@H](C6=CC(=O)OC6)CC[C@]5(O)[C@H]4CC[C@@]3(O)C2)O[C@@H]1C. The van der Waals surface area contributed by atoms with E-state index < -0.39 is 64.7 Å². The predicted molar refractivity (Wildman–Crippen MR) is 152 cm³/mol. The Morgan fingerprint density at radius 3 is 2.41 bits per heavy atom. The first kappa shape index (κ1) is 31.5. The zero-order valence-electron chi connectivity index (χ0n) is 26.1. The molecule has 2 N–H and O–H groups in total. The van der Waals surface area contributed by atoms with Crippen molar-refractivity contribution >= 4 is 17.9 Å². The van der Waals surface area contributed by atoms with Gasteiger partial charge in [-0.1, -0.05) is 6.92 Å². The maximum atomic E-state index is 12.5. The van der Waals surface area contributed by atoms with E-state index in [2.05, 4.69) is 13.0 Å². The Morgan fingerprint density at radius 1 is 1.02 bits per heavy atom. The molecule has 0 unspecified atom stereocenters. The van der Waals surface area contributed by atoms with Crippen molar-refractivity contribution in [3.63, 3.8) is 0 Å². The number of fused-ring (bicyclic) bond motifs is 5. The largest absolute Gasteiger partial charge is 0.458 e. The molecule has 6 aliphatic rings. The van der Waals surface area contributed by atoms with Crippen LogP contribution in [0.1, 0.15) is 91.9 Å². The summed E-state index contributed by atoms with van der Waals surface area (Å²) in [6.45, 7) is 6.74. The first-order valence-electron chi connectivity index (χ1n) is 16.1. The fourth-order valence-electron chi connectivity index (χ4n) is 10.4. The van der Waals surface area contributed by atoms with Crippen LogP contribution in [-0.4, -0.2) is 76.6 Å². The lowest BCUT2D eigenvalue weighted by atomic mass is 9.41. The molecule has 0 spiro atoms. The van der Waals surface area contributed by atoms with Crippen LogP contribution in [0.2, 0.25) is 0 Å². The molecule has 11 heteroatoms. The second kappa shape index (κ2) is 11.1. The van der Waals surface area contributed by atoms with Crippen LogP contribution < -0.4 is 0 Å². The highest BCUT2D eigenvalue weighted by atomic mass is 16.7. The summed E-state index contributed by atoms with van der Waals surface area (Å²) in [6, 6.07) is 2.59. The second-order valence-electron chi connectivity index (χ2n) is 14.4. The van der Waals surface area contributed by atoms with Crippen molar-refractivity contribution in [2.24, 2.45) is 28.6 Å². The number of esters is 3. The summed E-state index contributed by atoms with van der Waals surface area (Å²) < 4.78 is 28.5. The van der Waals surface area contributed by atoms with E-state index >= 15 is 0 Å². The van der Waals surface area contributed by atoms with E-state index in [4.69, 9.17) is 23.7 Å². The summed E-state index contributed by atoms with van der Waals surface area (Å²) in [5.41, 5.74) is -2.78. The van der Waals surface area contributed by atoms with Crippen LogP contribution in [0.25, 0.3) is 0 Å². The number of aliphatic hydroxyl groups is 2. The van der Waals surface area contributed by atoms with E-state index in [1.54, 1.807) is 13.0 Å². The monoisotopic (exact) mass is 615 g/mol. The van der Waals surface area contributed by atoms with Gasteiger partial charge < -0.3 is 33.9 Å². The highest BCUT2D eigenvalue weighted by molar-refractivity contribution is 5.85. The highest BCUT2D eigenvalue weighted by Crippen LogP contribution is 2.70. The molecule has 1 saturated heterocycles. The number of hydrogen-bond donors (Lipinski definition) is 2. The summed E-state index contributed by atoms with van der Waals surface area (Å²) in [6.07, 6.45) is 3.53. The van der Waals surface area contributed by atoms with Gasteiger partial charge in [0.2, 0.25) is 0 Å². The zero-order chi connectivity index (χ0) is 31.7. The average Bonchev–Trinajstić information content (AvgIpc) is 3.49. The van der Waals surface area contributed by atoms with Crippen LogP contribution in [-0.2, 0) is 38.1 Å². The molecule has 6 rings (SSSR count).